The molecule has 0 atom stereocenters. The minimum atomic E-state index is -4.65. The van der Waals surface area contributed by atoms with Gasteiger partial charge < -0.3 is 5.32 Å². The van der Waals surface area contributed by atoms with E-state index >= 15 is 0 Å². The van der Waals surface area contributed by atoms with Crippen LogP contribution in [0.4, 0.5) is 28.0 Å². The molecule has 11 heteroatoms. The second kappa shape index (κ2) is 9.39. The Bertz CT molecular complexity index is 1500. The molecule has 38 heavy (non-hydrogen) atoms. The number of sulfonamides is 1. The van der Waals surface area contributed by atoms with Crippen molar-refractivity contribution in [1.29, 1.82) is 0 Å². The Labute approximate surface area is 217 Å². The molecular weight excluding hydrogens is 522 g/mol. The van der Waals surface area contributed by atoms with Gasteiger partial charge >= 0.3 is 12.2 Å². The Morgan fingerprint density at radius 3 is 2.32 bits per heavy atom. The maximum Gasteiger partial charge on any atom is 0.417 e. The van der Waals surface area contributed by atoms with Crippen molar-refractivity contribution >= 4 is 21.7 Å². The molecule has 0 bridgehead atoms. The number of halogens is 4. The Balaban J connectivity index is 1.44. The molecule has 5 rings (SSSR count). The summed E-state index contributed by atoms with van der Waals surface area (Å²) in [6.07, 6.45) is -1.20. The summed E-state index contributed by atoms with van der Waals surface area (Å²) in [7, 11) is -3.83. The molecule has 1 aliphatic heterocycles. The number of carbonyl (C=O) groups is 1. The van der Waals surface area contributed by atoms with E-state index in [1.165, 1.54) is 18.2 Å². The Hall–Kier alpha value is -3.44. The zero-order valence-electron chi connectivity index (χ0n) is 20.2. The Morgan fingerprint density at radius 1 is 1.00 bits per heavy atom. The molecule has 1 spiro atoms. The Kier molecular flexibility index (Phi) is 6.47. The maximum atomic E-state index is 14.0. The quantitative estimate of drug-likeness (QED) is 0.411. The van der Waals surface area contributed by atoms with Crippen LogP contribution in [0.5, 0.6) is 0 Å². The first kappa shape index (κ1) is 26.2. The van der Waals surface area contributed by atoms with E-state index in [9.17, 15) is 30.8 Å². The van der Waals surface area contributed by atoms with Gasteiger partial charge in [-0.3, -0.25) is 4.90 Å². The van der Waals surface area contributed by atoms with Crippen LogP contribution in [0.1, 0.15) is 42.4 Å². The van der Waals surface area contributed by atoms with Crippen LogP contribution in [0, 0.1) is 5.82 Å². The van der Waals surface area contributed by atoms with Crippen LogP contribution in [0.15, 0.2) is 65.6 Å². The molecular formula is C27H25F4N3O3S. The van der Waals surface area contributed by atoms with Gasteiger partial charge in [-0.25, -0.2) is 22.7 Å². The number of anilines is 1. The highest BCUT2D eigenvalue weighted by Crippen LogP contribution is 2.52. The number of amides is 2. The van der Waals surface area contributed by atoms with Crippen LogP contribution in [0.2, 0.25) is 0 Å². The summed E-state index contributed by atoms with van der Waals surface area (Å²) in [4.78, 5) is 14.8. The van der Waals surface area contributed by atoms with Crippen molar-refractivity contribution in [2.24, 2.45) is 5.14 Å². The van der Waals surface area contributed by atoms with Crippen LogP contribution in [-0.4, -0.2) is 21.0 Å². The van der Waals surface area contributed by atoms with E-state index in [0.717, 1.165) is 49.4 Å². The summed E-state index contributed by atoms with van der Waals surface area (Å²) < 4.78 is 78.0. The standard InChI is InChI=1S/C27H25F4N3O3S/c28-19-6-9-22(27(29,30)31)21(14-19)18-5-10-24-23(13-18)26(11-1-2-12-26)16-34(24)25(35)33-15-17-3-7-20(8-4-17)38(32,36)37/h3-10,13-14H,1-2,11-12,15-16H2,(H,33,35)(H2,32,36,37). The third-order valence-electron chi connectivity index (χ3n) is 7.42. The minimum absolute atomic E-state index is 0.0352. The van der Waals surface area contributed by atoms with Crippen molar-refractivity contribution in [2.45, 2.75) is 48.7 Å². The number of nitrogens with one attached hydrogen (secondary N) is 1. The van der Waals surface area contributed by atoms with E-state index in [0.29, 0.717) is 17.8 Å². The fourth-order valence-electron chi connectivity index (χ4n) is 5.57. The molecule has 1 saturated carbocycles. The van der Waals surface area contributed by atoms with Crippen LogP contribution in [0.3, 0.4) is 0 Å². The molecule has 3 aromatic rings. The first-order valence-corrected chi connectivity index (χ1v) is 13.6. The average Bonchev–Trinajstić information content (AvgIpc) is 3.46. The van der Waals surface area contributed by atoms with E-state index in [2.05, 4.69) is 5.32 Å². The van der Waals surface area contributed by atoms with Crippen LogP contribution in [0.25, 0.3) is 11.1 Å². The number of fused-ring (bicyclic) bond motifs is 2. The molecule has 0 aromatic heterocycles. The lowest BCUT2D eigenvalue weighted by Crippen LogP contribution is -2.41. The van der Waals surface area contributed by atoms with Gasteiger partial charge in [0.2, 0.25) is 10.0 Å². The third-order valence-corrected chi connectivity index (χ3v) is 8.35. The average molecular weight is 548 g/mol. The van der Waals surface area contributed by atoms with Crippen molar-refractivity contribution < 1.29 is 30.8 Å². The lowest BCUT2D eigenvalue weighted by atomic mass is 9.79. The van der Waals surface area contributed by atoms with Crippen molar-refractivity contribution in [2.75, 3.05) is 11.4 Å². The van der Waals surface area contributed by atoms with E-state index in [-0.39, 0.29) is 34.0 Å². The van der Waals surface area contributed by atoms with Crippen molar-refractivity contribution in [1.82, 2.24) is 5.32 Å². The van der Waals surface area contributed by atoms with Crippen molar-refractivity contribution in [3.8, 4) is 11.1 Å². The van der Waals surface area contributed by atoms with Gasteiger partial charge in [-0.2, -0.15) is 13.2 Å². The molecule has 0 saturated heterocycles. The predicted octanol–water partition coefficient (Wildman–Crippen LogP) is 5.70. The molecule has 2 amide bonds. The molecule has 6 nitrogen and oxygen atoms in total. The number of alkyl halides is 3. The number of benzene rings is 3. The fraction of sp³-hybridized carbons (Fsp3) is 0.296. The highest BCUT2D eigenvalue weighted by molar-refractivity contribution is 7.89. The van der Waals surface area contributed by atoms with E-state index < -0.39 is 27.6 Å². The van der Waals surface area contributed by atoms with Crippen LogP contribution < -0.4 is 15.4 Å². The Morgan fingerprint density at radius 2 is 1.68 bits per heavy atom. The molecule has 0 radical (unpaired) electrons. The van der Waals surface area contributed by atoms with Crippen molar-refractivity contribution in [3.63, 3.8) is 0 Å². The second-order valence-electron chi connectivity index (χ2n) is 9.84. The molecule has 1 heterocycles. The smallest absolute Gasteiger partial charge is 0.334 e. The lowest BCUT2D eigenvalue weighted by molar-refractivity contribution is -0.137. The normalized spacial score (nSPS) is 16.6. The van der Waals surface area contributed by atoms with Gasteiger partial charge in [-0.05, 0) is 77.6 Å². The number of primary sulfonamides is 1. The van der Waals surface area contributed by atoms with Gasteiger partial charge in [0.1, 0.15) is 5.82 Å². The minimum Gasteiger partial charge on any atom is -0.334 e. The maximum absolute atomic E-state index is 14.0. The first-order valence-electron chi connectivity index (χ1n) is 12.1. The number of hydrogen-bond acceptors (Lipinski definition) is 3. The number of nitrogens with two attached hydrogens (primary N) is 1. The number of urea groups is 1. The molecule has 1 fully saturated rings. The number of carbonyl (C=O) groups excluding carboxylic acids is 1. The summed E-state index contributed by atoms with van der Waals surface area (Å²) in [6, 6.07) is 12.7. The monoisotopic (exact) mass is 547 g/mol. The summed E-state index contributed by atoms with van der Waals surface area (Å²) in [5, 5.41) is 7.96. The first-order chi connectivity index (χ1) is 17.9. The SMILES string of the molecule is NS(=O)(=O)c1ccc(CNC(=O)N2CC3(CCCC3)c3cc(-c4cc(F)ccc4C(F)(F)F)ccc32)cc1. The zero-order valence-corrected chi connectivity index (χ0v) is 21.0. The molecule has 3 aromatic carbocycles. The van der Waals surface area contributed by atoms with Gasteiger partial charge in [-0.1, -0.05) is 31.0 Å². The lowest BCUT2D eigenvalue weighted by Gasteiger charge is -2.25. The second-order valence-corrected chi connectivity index (χ2v) is 11.4. The predicted molar refractivity (Wildman–Crippen MR) is 134 cm³/mol. The van der Waals surface area contributed by atoms with Gasteiger partial charge in [-0.15, -0.1) is 0 Å². The van der Waals surface area contributed by atoms with Crippen LogP contribution in [-0.2, 0) is 28.2 Å². The van der Waals surface area contributed by atoms with Crippen molar-refractivity contribution in [3.05, 3.63) is 83.2 Å². The number of hydrogen-bond donors (Lipinski definition) is 2. The topological polar surface area (TPSA) is 92.5 Å². The van der Waals surface area contributed by atoms with Gasteiger partial charge in [0.25, 0.3) is 0 Å². The van der Waals surface area contributed by atoms with Gasteiger partial charge in [0.15, 0.2) is 0 Å². The van der Waals surface area contributed by atoms with Gasteiger partial charge in [0.05, 0.1) is 10.5 Å². The third kappa shape index (κ3) is 4.88. The summed E-state index contributed by atoms with van der Waals surface area (Å²) in [5.41, 5.74) is 0.784. The summed E-state index contributed by atoms with van der Waals surface area (Å²) in [5.74, 6) is -0.762. The van der Waals surface area contributed by atoms with Gasteiger partial charge in [0, 0.05) is 24.2 Å². The number of nitrogens with zero attached hydrogens (tertiary/aromatic N) is 1. The highest BCUT2D eigenvalue weighted by Gasteiger charge is 2.46. The molecule has 3 N–H and O–H groups in total. The molecule has 200 valence electrons. The van der Waals surface area contributed by atoms with E-state index in [4.69, 9.17) is 5.14 Å². The summed E-state index contributed by atoms with van der Waals surface area (Å²) in [6.45, 7) is 0.524. The zero-order chi connectivity index (χ0) is 27.3. The highest BCUT2D eigenvalue weighted by atomic mass is 32.2. The summed E-state index contributed by atoms with van der Waals surface area (Å²) >= 11 is 0. The number of rotatable bonds is 4. The molecule has 0 unspecified atom stereocenters. The largest absolute Gasteiger partial charge is 0.417 e. The van der Waals surface area contributed by atoms with E-state index in [1.54, 1.807) is 29.2 Å². The molecule has 1 aliphatic carbocycles. The van der Waals surface area contributed by atoms with E-state index in [1.807, 2.05) is 0 Å². The molecule has 2 aliphatic rings. The fourth-order valence-corrected chi connectivity index (χ4v) is 6.09. The van der Waals surface area contributed by atoms with Crippen LogP contribution >= 0.6 is 0 Å².